The molecule has 2 rings (SSSR count). The summed E-state index contributed by atoms with van der Waals surface area (Å²) in [6.45, 7) is 5.85. The molecule has 8 heteroatoms. The number of piperidine rings is 1. The number of hydrogen-bond acceptors (Lipinski definition) is 6. The smallest absolute Gasteiger partial charge is 0.338 e. The summed E-state index contributed by atoms with van der Waals surface area (Å²) in [5.41, 5.74) is 0.380. The zero-order valence-corrected chi connectivity index (χ0v) is 16.9. The number of anilines is 1. The molecule has 1 unspecified atom stereocenters. The molecule has 0 saturated carbocycles. The second kappa shape index (κ2) is 9.32. The lowest BCUT2D eigenvalue weighted by molar-refractivity contribution is -0.117. The van der Waals surface area contributed by atoms with Crippen molar-refractivity contribution in [3.05, 3.63) is 23.8 Å². The largest absolute Gasteiger partial charge is 0.462 e. The van der Waals surface area contributed by atoms with Gasteiger partial charge in [0.15, 0.2) is 9.84 Å². The Morgan fingerprint density at radius 1 is 1.26 bits per heavy atom. The first kappa shape index (κ1) is 21.4. The van der Waals surface area contributed by atoms with Crippen LogP contribution in [0.25, 0.3) is 0 Å². The quantitative estimate of drug-likeness (QED) is 0.686. The molecule has 1 atom stereocenters. The van der Waals surface area contributed by atoms with Gasteiger partial charge in [-0.15, -0.1) is 0 Å². The third-order valence-electron chi connectivity index (χ3n) is 4.83. The van der Waals surface area contributed by atoms with Crippen LogP contribution >= 0.6 is 0 Å². The minimum atomic E-state index is -3.54. The summed E-state index contributed by atoms with van der Waals surface area (Å²) in [6, 6.07) is 4.07. The van der Waals surface area contributed by atoms with Crippen LogP contribution in [-0.2, 0) is 19.4 Å². The van der Waals surface area contributed by atoms with Crippen molar-refractivity contribution in [3.8, 4) is 0 Å². The lowest BCUT2D eigenvalue weighted by Gasteiger charge is -2.27. The van der Waals surface area contributed by atoms with Gasteiger partial charge in [0.2, 0.25) is 5.91 Å². The maximum absolute atomic E-state index is 12.4. The number of esters is 1. The first-order chi connectivity index (χ1) is 12.7. The van der Waals surface area contributed by atoms with Gasteiger partial charge < -0.3 is 15.4 Å². The van der Waals surface area contributed by atoms with Crippen molar-refractivity contribution in [3.63, 3.8) is 0 Å². The van der Waals surface area contributed by atoms with Gasteiger partial charge in [0, 0.05) is 18.4 Å². The lowest BCUT2D eigenvalue weighted by Crippen LogP contribution is -2.32. The summed E-state index contributed by atoms with van der Waals surface area (Å²) in [5.74, 6) is -0.0905. The topological polar surface area (TPSA) is 102 Å². The molecule has 1 aromatic rings. The van der Waals surface area contributed by atoms with Gasteiger partial charge in [0.05, 0.1) is 17.1 Å². The molecule has 0 aliphatic carbocycles. The highest BCUT2D eigenvalue weighted by molar-refractivity contribution is 7.90. The van der Waals surface area contributed by atoms with E-state index in [4.69, 9.17) is 4.74 Å². The number of hydrogen-bond donors (Lipinski definition) is 2. The van der Waals surface area contributed by atoms with Crippen LogP contribution in [0.4, 0.5) is 5.69 Å². The monoisotopic (exact) mass is 396 g/mol. The molecule has 1 aromatic carbocycles. The van der Waals surface area contributed by atoms with Gasteiger partial charge in [-0.3, -0.25) is 4.79 Å². The number of ether oxygens (including phenoxy) is 1. The summed E-state index contributed by atoms with van der Waals surface area (Å²) in [6.07, 6.45) is 3.50. The van der Waals surface area contributed by atoms with Crippen LogP contribution in [0.15, 0.2) is 23.1 Å². The van der Waals surface area contributed by atoms with E-state index in [0.29, 0.717) is 12.3 Å². The van der Waals surface area contributed by atoms with Gasteiger partial charge in [0.25, 0.3) is 0 Å². The fourth-order valence-corrected chi connectivity index (χ4v) is 3.98. The Kier molecular flexibility index (Phi) is 7.38. The number of sulfone groups is 1. The molecule has 1 aliphatic rings. The van der Waals surface area contributed by atoms with E-state index in [2.05, 4.69) is 17.6 Å². The minimum absolute atomic E-state index is 0.0326. The molecule has 1 amide bonds. The minimum Gasteiger partial charge on any atom is -0.462 e. The fraction of sp³-hybridized carbons (Fsp3) is 0.579. The Bertz CT molecular complexity index is 785. The summed E-state index contributed by atoms with van der Waals surface area (Å²) in [4.78, 5) is 24.4. The number of nitrogens with one attached hydrogen (secondary N) is 2. The van der Waals surface area contributed by atoms with Gasteiger partial charge >= 0.3 is 5.97 Å². The van der Waals surface area contributed by atoms with Crippen LogP contribution in [0.5, 0.6) is 0 Å². The number of carbonyl (C=O) groups excluding carboxylic acids is 2. The van der Waals surface area contributed by atoms with Crippen molar-refractivity contribution in [2.45, 2.75) is 38.0 Å². The summed E-state index contributed by atoms with van der Waals surface area (Å²) in [5, 5.41) is 6.04. The van der Waals surface area contributed by atoms with Crippen LogP contribution in [0, 0.1) is 11.8 Å². The molecule has 27 heavy (non-hydrogen) atoms. The maximum atomic E-state index is 12.4. The Morgan fingerprint density at radius 2 is 1.93 bits per heavy atom. The Morgan fingerprint density at radius 3 is 2.52 bits per heavy atom. The number of amides is 1. The second-order valence-corrected chi connectivity index (χ2v) is 9.07. The Balaban J connectivity index is 2.14. The van der Waals surface area contributed by atoms with Crippen molar-refractivity contribution in [2.75, 3.05) is 31.3 Å². The van der Waals surface area contributed by atoms with E-state index in [0.717, 1.165) is 32.2 Å². The molecule has 1 fully saturated rings. The Labute approximate surface area is 160 Å². The first-order valence-corrected chi connectivity index (χ1v) is 11.1. The fourth-order valence-electron chi connectivity index (χ4n) is 3.30. The molecule has 2 N–H and O–H groups in total. The van der Waals surface area contributed by atoms with Gasteiger partial charge in [0.1, 0.15) is 0 Å². The maximum Gasteiger partial charge on any atom is 0.338 e. The molecule has 0 aromatic heterocycles. The second-order valence-electron chi connectivity index (χ2n) is 7.06. The van der Waals surface area contributed by atoms with E-state index in [1.165, 1.54) is 18.2 Å². The molecule has 0 radical (unpaired) electrons. The van der Waals surface area contributed by atoms with Gasteiger partial charge in [-0.1, -0.05) is 6.92 Å². The third kappa shape index (κ3) is 6.32. The third-order valence-corrected chi connectivity index (χ3v) is 5.92. The van der Waals surface area contributed by atoms with Crippen molar-refractivity contribution < 1.29 is 22.7 Å². The molecular formula is C19H28N2O5S. The zero-order chi connectivity index (χ0) is 20.0. The SMILES string of the molecule is CCOC(=O)c1cc(NC(=O)CC(C)C2CCNCC2)cc(S(C)(=O)=O)c1. The number of benzene rings is 1. The lowest BCUT2D eigenvalue weighted by atomic mass is 9.84. The van der Waals surface area contributed by atoms with Gasteiger partial charge in [-0.2, -0.15) is 0 Å². The molecule has 7 nitrogen and oxygen atoms in total. The molecular weight excluding hydrogens is 368 g/mol. The van der Waals surface area contributed by atoms with E-state index < -0.39 is 15.8 Å². The summed E-state index contributed by atoms with van der Waals surface area (Å²) in [7, 11) is -3.54. The average Bonchev–Trinajstić information content (AvgIpc) is 2.61. The van der Waals surface area contributed by atoms with Crippen molar-refractivity contribution in [2.24, 2.45) is 11.8 Å². The van der Waals surface area contributed by atoms with Gasteiger partial charge in [-0.25, -0.2) is 13.2 Å². The normalized spacial score (nSPS) is 16.6. The number of carbonyl (C=O) groups is 2. The van der Waals surface area contributed by atoms with Crippen LogP contribution in [0.1, 0.15) is 43.5 Å². The zero-order valence-electron chi connectivity index (χ0n) is 16.1. The molecule has 1 heterocycles. The summed E-state index contributed by atoms with van der Waals surface area (Å²) < 4.78 is 28.8. The van der Waals surface area contributed by atoms with Crippen LogP contribution in [0.3, 0.4) is 0 Å². The van der Waals surface area contributed by atoms with Crippen LogP contribution in [0.2, 0.25) is 0 Å². The van der Waals surface area contributed by atoms with Crippen molar-refractivity contribution >= 4 is 27.4 Å². The molecule has 1 saturated heterocycles. The van der Waals surface area contributed by atoms with E-state index in [1.54, 1.807) is 6.92 Å². The molecule has 1 aliphatic heterocycles. The number of rotatable bonds is 7. The van der Waals surface area contributed by atoms with E-state index in [1.807, 2.05) is 0 Å². The predicted octanol–water partition coefficient (Wildman–Crippen LogP) is 2.23. The highest BCUT2D eigenvalue weighted by Gasteiger charge is 2.22. The highest BCUT2D eigenvalue weighted by Crippen LogP contribution is 2.25. The summed E-state index contributed by atoms with van der Waals surface area (Å²) >= 11 is 0. The first-order valence-electron chi connectivity index (χ1n) is 9.23. The Hall–Kier alpha value is -1.93. The molecule has 0 spiro atoms. The van der Waals surface area contributed by atoms with Crippen molar-refractivity contribution in [1.82, 2.24) is 5.32 Å². The molecule has 150 valence electrons. The predicted molar refractivity (Wildman–Crippen MR) is 104 cm³/mol. The van der Waals surface area contributed by atoms with E-state index in [-0.39, 0.29) is 34.6 Å². The molecule has 0 bridgehead atoms. The van der Waals surface area contributed by atoms with Crippen LogP contribution in [-0.4, -0.2) is 46.2 Å². The highest BCUT2D eigenvalue weighted by atomic mass is 32.2. The van der Waals surface area contributed by atoms with Crippen molar-refractivity contribution in [1.29, 1.82) is 0 Å². The average molecular weight is 397 g/mol. The van der Waals surface area contributed by atoms with E-state index >= 15 is 0 Å². The van der Waals surface area contributed by atoms with E-state index in [9.17, 15) is 18.0 Å². The standard InChI is InChI=1S/C19H28N2O5S/c1-4-26-19(23)15-10-16(12-17(11-15)27(3,24)25)21-18(22)9-13(2)14-5-7-20-8-6-14/h10-14,20H,4-9H2,1-3H3,(H,21,22). The van der Waals surface area contributed by atoms with Crippen LogP contribution < -0.4 is 10.6 Å². The van der Waals surface area contributed by atoms with Gasteiger partial charge in [-0.05, 0) is 62.9 Å².